The van der Waals surface area contributed by atoms with Gasteiger partial charge in [0.25, 0.3) is 0 Å². The summed E-state index contributed by atoms with van der Waals surface area (Å²) in [6, 6.07) is 21.7. The van der Waals surface area contributed by atoms with Crippen LogP contribution in [0, 0.1) is 0 Å². The number of anilines is 3. The third-order valence-electron chi connectivity index (χ3n) is 7.20. The van der Waals surface area contributed by atoms with Crippen LogP contribution in [-0.4, -0.2) is 73.4 Å². The van der Waals surface area contributed by atoms with E-state index in [0.29, 0.717) is 24.6 Å². The molecule has 41 heavy (non-hydrogen) atoms. The zero-order valence-corrected chi connectivity index (χ0v) is 24.5. The number of rotatable bonds is 9. The van der Waals surface area contributed by atoms with Crippen LogP contribution in [0.1, 0.15) is 33.2 Å². The number of piperazine rings is 1. The predicted molar refractivity (Wildman–Crippen MR) is 161 cm³/mol. The highest BCUT2D eigenvalue weighted by atomic mass is 32.2. The number of aromatic carboxylic acids is 1. The summed E-state index contributed by atoms with van der Waals surface area (Å²) in [5.74, 6) is -0.525. The van der Waals surface area contributed by atoms with Gasteiger partial charge in [0.05, 0.1) is 10.5 Å². The maximum absolute atomic E-state index is 13.2. The summed E-state index contributed by atoms with van der Waals surface area (Å²) < 4.78 is 32.5. The normalized spacial score (nSPS) is 15.0. The highest BCUT2D eigenvalue weighted by Crippen LogP contribution is 2.32. The van der Waals surface area contributed by atoms with Gasteiger partial charge in [0.2, 0.25) is 15.2 Å². The fraction of sp³-hybridized carbons (Fsp3) is 0.276. The molecule has 0 radical (unpaired) electrons. The van der Waals surface area contributed by atoms with E-state index in [4.69, 9.17) is 15.1 Å². The Morgan fingerprint density at radius 2 is 1.71 bits per heavy atom. The summed E-state index contributed by atoms with van der Waals surface area (Å²) in [5, 5.41) is 10.00. The summed E-state index contributed by atoms with van der Waals surface area (Å²) in [6.07, 6.45) is 0.717. The molecule has 1 unspecified atom stereocenters. The minimum absolute atomic E-state index is 0.0194. The van der Waals surface area contributed by atoms with Crippen molar-refractivity contribution in [2.45, 2.75) is 17.2 Å². The molecule has 0 saturated carbocycles. The number of nitrogens with zero attached hydrogens (tertiary/aromatic N) is 5. The first-order chi connectivity index (χ1) is 19.6. The van der Waals surface area contributed by atoms with Crippen LogP contribution in [0.4, 0.5) is 16.5 Å². The average Bonchev–Trinajstić information content (AvgIpc) is 3.47. The van der Waals surface area contributed by atoms with E-state index < -0.39 is 16.0 Å². The van der Waals surface area contributed by atoms with Gasteiger partial charge < -0.3 is 20.6 Å². The molecular weight excluding hydrogens is 560 g/mol. The maximum atomic E-state index is 13.2. The van der Waals surface area contributed by atoms with Crippen molar-refractivity contribution in [3.8, 4) is 0 Å². The number of nitrogen functional groups attached to an aromatic ring is 1. The highest BCUT2D eigenvalue weighted by Gasteiger charge is 2.31. The SMILES string of the molecule is CN(C)c1ccc(CC(c2ccc(N)cc2)c2nsc(N3CCN(S(=O)(=O)c4cccc(C(=O)O)c4)CC3)n2)cc1. The molecule has 1 aliphatic rings. The molecule has 10 nitrogen and oxygen atoms in total. The Kier molecular flexibility index (Phi) is 8.25. The average molecular weight is 593 g/mol. The third kappa shape index (κ3) is 6.34. The zero-order chi connectivity index (χ0) is 29.1. The van der Waals surface area contributed by atoms with Gasteiger partial charge in [-0.3, -0.25) is 0 Å². The molecule has 0 aliphatic carbocycles. The van der Waals surface area contributed by atoms with E-state index >= 15 is 0 Å². The summed E-state index contributed by atoms with van der Waals surface area (Å²) in [5.41, 5.74) is 9.95. The molecule has 1 atom stereocenters. The Bertz CT molecular complexity index is 1610. The van der Waals surface area contributed by atoms with Gasteiger partial charge in [0.1, 0.15) is 0 Å². The first-order valence-corrected chi connectivity index (χ1v) is 15.4. The first-order valence-electron chi connectivity index (χ1n) is 13.2. The van der Waals surface area contributed by atoms with Crippen LogP contribution in [0.25, 0.3) is 0 Å². The highest BCUT2D eigenvalue weighted by molar-refractivity contribution is 7.89. The van der Waals surface area contributed by atoms with Gasteiger partial charge in [-0.05, 0) is 60.0 Å². The van der Waals surface area contributed by atoms with Crippen molar-refractivity contribution >= 4 is 44.0 Å². The molecule has 1 saturated heterocycles. The Labute approximate surface area is 243 Å². The van der Waals surface area contributed by atoms with Crippen LogP contribution < -0.4 is 15.5 Å². The van der Waals surface area contributed by atoms with Crippen molar-refractivity contribution in [2.75, 3.05) is 55.8 Å². The summed E-state index contributed by atoms with van der Waals surface area (Å²) in [4.78, 5) is 20.3. The predicted octanol–water partition coefficient (Wildman–Crippen LogP) is 3.77. The van der Waals surface area contributed by atoms with Crippen LogP contribution in [0.3, 0.4) is 0 Å². The second-order valence-electron chi connectivity index (χ2n) is 10.1. The lowest BCUT2D eigenvalue weighted by molar-refractivity contribution is 0.0696. The van der Waals surface area contributed by atoms with Crippen LogP contribution in [0.5, 0.6) is 0 Å². The fourth-order valence-corrected chi connectivity index (χ4v) is 7.05. The lowest BCUT2D eigenvalue weighted by atomic mass is 9.91. The molecule has 4 aromatic rings. The fourth-order valence-electron chi connectivity index (χ4n) is 4.81. The molecule has 0 spiro atoms. The Morgan fingerprint density at radius 3 is 2.34 bits per heavy atom. The minimum atomic E-state index is -3.82. The van der Waals surface area contributed by atoms with E-state index in [-0.39, 0.29) is 29.5 Å². The number of benzene rings is 3. The minimum Gasteiger partial charge on any atom is -0.478 e. The molecule has 5 rings (SSSR count). The standard InChI is InChI=1S/C29H32N6O4S2/c1-33(2)24-12-6-20(7-13-24)18-26(21-8-10-23(30)11-9-21)27-31-29(40-32-27)34-14-16-35(17-15-34)41(38,39)25-5-3-4-22(19-25)28(36)37/h3-13,19,26H,14-18,30H2,1-2H3,(H,36,37). The quantitative estimate of drug-likeness (QED) is 0.279. The van der Waals surface area contributed by atoms with E-state index in [2.05, 4.69) is 29.2 Å². The van der Waals surface area contributed by atoms with Crippen LogP contribution in [0.15, 0.2) is 77.7 Å². The van der Waals surface area contributed by atoms with Gasteiger partial charge in [-0.1, -0.05) is 30.3 Å². The molecule has 0 bridgehead atoms. The maximum Gasteiger partial charge on any atom is 0.335 e. The van der Waals surface area contributed by atoms with E-state index in [9.17, 15) is 18.3 Å². The second-order valence-corrected chi connectivity index (χ2v) is 12.8. The van der Waals surface area contributed by atoms with E-state index in [1.807, 2.05) is 43.3 Å². The Balaban J connectivity index is 1.32. The summed E-state index contributed by atoms with van der Waals surface area (Å²) >= 11 is 1.31. The first kappa shape index (κ1) is 28.5. The molecule has 2 heterocycles. The van der Waals surface area contributed by atoms with Gasteiger partial charge in [-0.2, -0.15) is 8.68 Å². The molecule has 1 aromatic heterocycles. The Hall–Kier alpha value is -4.00. The van der Waals surface area contributed by atoms with Gasteiger partial charge in [0, 0.05) is 69.1 Å². The monoisotopic (exact) mass is 592 g/mol. The summed E-state index contributed by atoms with van der Waals surface area (Å²) in [7, 11) is 0.209. The summed E-state index contributed by atoms with van der Waals surface area (Å²) in [6.45, 7) is 1.42. The van der Waals surface area contributed by atoms with Gasteiger partial charge in [0.15, 0.2) is 5.82 Å². The Morgan fingerprint density at radius 1 is 1.02 bits per heavy atom. The number of sulfonamides is 1. The van der Waals surface area contributed by atoms with Crippen molar-refractivity contribution in [3.05, 3.63) is 95.3 Å². The van der Waals surface area contributed by atoms with Crippen molar-refractivity contribution in [3.63, 3.8) is 0 Å². The molecular formula is C29H32N6O4S2. The van der Waals surface area contributed by atoms with Crippen molar-refractivity contribution in [1.82, 2.24) is 13.7 Å². The number of hydrogen-bond donors (Lipinski definition) is 2. The number of carboxylic acids is 1. The van der Waals surface area contributed by atoms with Crippen LogP contribution in [0.2, 0.25) is 0 Å². The lowest BCUT2D eigenvalue weighted by Crippen LogP contribution is -2.48. The lowest BCUT2D eigenvalue weighted by Gasteiger charge is -2.33. The molecule has 12 heteroatoms. The second kappa shape index (κ2) is 11.9. The third-order valence-corrected chi connectivity index (χ3v) is 9.89. The van der Waals surface area contributed by atoms with Gasteiger partial charge in [-0.25, -0.2) is 18.2 Å². The number of aromatic nitrogens is 2. The zero-order valence-electron chi connectivity index (χ0n) is 22.8. The number of carbonyl (C=O) groups is 1. The largest absolute Gasteiger partial charge is 0.478 e. The van der Waals surface area contributed by atoms with E-state index in [0.717, 1.165) is 22.8 Å². The molecule has 3 aromatic carbocycles. The molecule has 214 valence electrons. The molecule has 3 N–H and O–H groups in total. The van der Waals surface area contributed by atoms with Crippen LogP contribution in [-0.2, 0) is 16.4 Å². The molecule has 1 fully saturated rings. The van der Waals surface area contributed by atoms with Crippen molar-refractivity contribution < 1.29 is 18.3 Å². The number of hydrogen-bond acceptors (Lipinski definition) is 9. The van der Waals surface area contributed by atoms with Crippen molar-refractivity contribution in [2.24, 2.45) is 0 Å². The molecule has 0 amide bonds. The van der Waals surface area contributed by atoms with Gasteiger partial charge in [-0.15, -0.1) is 0 Å². The molecule has 1 aliphatic heterocycles. The van der Waals surface area contributed by atoms with Crippen LogP contribution >= 0.6 is 11.5 Å². The number of carboxylic acid groups (broad SMARTS) is 1. The van der Waals surface area contributed by atoms with E-state index in [1.165, 1.54) is 45.7 Å². The number of nitrogens with two attached hydrogens (primary N) is 1. The van der Waals surface area contributed by atoms with Gasteiger partial charge >= 0.3 is 5.97 Å². The smallest absolute Gasteiger partial charge is 0.335 e. The topological polar surface area (TPSA) is 133 Å². The van der Waals surface area contributed by atoms with Crippen molar-refractivity contribution in [1.29, 1.82) is 0 Å². The van der Waals surface area contributed by atoms with E-state index in [1.54, 1.807) is 0 Å².